The second kappa shape index (κ2) is 6.60. The second-order valence-corrected chi connectivity index (χ2v) is 5.62. The van der Waals surface area contributed by atoms with E-state index in [-0.39, 0.29) is 0 Å². The van der Waals surface area contributed by atoms with Crippen molar-refractivity contribution in [2.75, 3.05) is 6.61 Å². The van der Waals surface area contributed by atoms with Crippen LogP contribution in [-0.4, -0.2) is 6.61 Å². The molecule has 0 saturated carbocycles. The van der Waals surface area contributed by atoms with E-state index in [1.165, 1.54) is 27.8 Å². The van der Waals surface area contributed by atoms with Crippen LogP contribution in [0.3, 0.4) is 0 Å². The van der Waals surface area contributed by atoms with Crippen LogP contribution in [0.25, 0.3) is 0 Å². The van der Waals surface area contributed by atoms with Crippen LogP contribution in [-0.2, 0) is 6.42 Å². The van der Waals surface area contributed by atoms with Crippen LogP contribution < -0.4 is 4.74 Å². The molecule has 2 aromatic carbocycles. The fourth-order valence-electron chi connectivity index (χ4n) is 2.23. The lowest BCUT2D eigenvalue weighted by Gasteiger charge is -2.09. The lowest BCUT2D eigenvalue weighted by molar-refractivity contribution is 0.311. The number of rotatable bonds is 5. The summed E-state index contributed by atoms with van der Waals surface area (Å²) in [5, 5.41) is 0. The van der Waals surface area contributed by atoms with Crippen molar-refractivity contribution in [2.45, 2.75) is 40.5 Å². The Bertz CT molecular complexity index is 531. The largest absolute Gasteiger partial charge is 0.494 e. The van der Waals surface area contributed by atoms with E-state index >= 15 is 0 Å². The first-order chi connectivity index (χ1) is 9.56. The lowest BCUT2D eigenvalue weighted by Crippen LogP contribution is -2.00. The first-order valence-corrected chi connectivity index (χ1v) is 7.32. The molecule has 2 aromatic rings. The maximum atomic E-state index is 5.82. The monoisotopic (exact) mass is 268 g/mol. The van der Waals surface area contributed by atoms with E-state index < -0.39 is 0 Å². The van der Waals surface area contributed by atoms with Gasteiger partial charge in [0, 0.05) is 0 Å². The van der Waals surface area contributed by atoms with E-state index in [1.807, 2.05) is 0 Å². The Morgan fingerprint density at radius 3 is 2.05 bits per heavy atom. The van der Waals surface area contributed by atoms with Gasteiger partial charge in [-0.05, 0) is 80.5 Å². The molecule has 106 valence electrons. The summed E-state index contributed by atoms with van der Waals surface area (Å²) in [5.41, 5.74) is 6.73. The number of hydrogen-bond donors (Lipinski definition) is 0. The first kappa shape index (κ1) is 14.6. The quantitative estimate of drug-likeness (QED) is 0.698. The van der Waals surface area contributed by atoms with Gasteiger partial charge in [-0.1, -0.05) is 24.3 Å². The van der Waals surface area contributed by atoms with Gasteiger partial charge in [0.2, 0.25) is 0 Å². The van der Waals surface area contributed by atoms with Gasteiger partial charge >= 0.3 is 0 Å². The molecule has 20 heavy (non-hydrogen) atoms. The van der Waals surface area contributed by atoms with E-state index in [9.17, 15) is 0 Å². The second-order valence-electron chi connectivity index (χ2n) is 5.62. The van der Waals surface area contributed by atoms with E-state index in [4.69, 9.17) is 4.74 Å². The average Bonchev–Trinajstić information content (AvgIpc) is 2.42. The molecule has 0 N–H and O–H groups in total. The molecule has 1 nitrogen and oxygen atoms in total. The molecule has 0 aliphatic rings. The van der Waals surface area contributed by atoms with Crippen molar-refractivity contribution < 1.29 is 4.74 Å². The van der Waals surface area contributed by atoms with Crippen molar-refractivity contribution in [3.8, 4) is 5.75 Å². The molecule has 1 heteroatoms. The minimum atomic E-state index is 0.773. The predicted molar refractivity (Wildman–Crippen MR) is 85.6 cm³/mol. The van der Waals surface area contributed by atoms with Gasteiger partial charge in [-0.2, -0.15) is 0 Å². The van der Waals surface area contributed by atoms with Gasteiger partial charge in [0.15, 0.2) is 0 Å². The maximum absolute atomic E-state index is 5.82. The normalized spacial score (nSPS) is 10.6. The van der Waals surface area contributed by atoms with Gasteiger partial charge in [-0.15, -0.1) is 0 Å². The molecule has 2 rings (SSSR count). The fourth-order valence-corrected chi connectivity index (χ4v) is 2.23. The molecule has 0 radical (unpaired) electrons. The van der Waals surface area contributed by atoms with E-state index in [2.05, 4.69) is 64.1 Å². The summed E-state index contributed by atoms with van der Waals surface area (Å²) < 4.78 is 5.82. The minimum Gasteiger partial charge on any atom is -0.494 e. The van der Waals surface area contributed by atoms with Gasteiger partial charge in [0.05, 0.1) is 6.61 Å². The zero-order chi connectivity index (χ0) is 14.5. The third-order valence-corrected chi connectivity index (χ3v) is 3.93. The standard InChI is InChI=1S/C19H24O/c1-14-7-9-18(12-16(14)3)6-5-11-20-19-10-8-15(2)17(4)13-19/h7-10,12-13H,5-6,11H2,1-4H3. The molecule has 0 aliphatic heterocycles. The van der Waals surface area contributed by atoms with Crippen LogP contribution in [0.4, 0.5) is 0 Å². The number of aryl methyl sites for hydroxylation is 5. The molecule has 0 spiro atoms. The van der Waals surface area contributed by atoms with Crippen molar-refractivity contribution in [3.63, 3.8) is 0 Å². The van der Waals surface area contributed by atoms with Crippen LogP contribution in [0.1, 0.15) is 34.2 Å². The lowest BCUT2D eigenvalue weighted by atomic mass is 10.0. The first-order valence-electron chi connectivity index (χ1n) is 7.32. The van der Waals surface area contributed by atoms with E-state index in [0.717, 1.165) is 25.2 Å². The highest BCUT2D eigenvalue weighted by Gasteiger charge is 1.99. The molecule has 0 heterocycles. The number of ether oxygens (including phenoxy) is 1. The summed E-state index contributed by atoms with van der Waals surface area (Å²) in [5.74, 6) is 0.980. The summed E-state index contributed by atoms with van der Waals surface area (Å²) >= 11 is 0. The van der Waals surface area contributed by atoms with Gasteiger partial charge in [-0.3, -0.25) is 0 Å². The molecule has 0 saturated heterocycles. The van der Waals surface area contributed by atoms with Crippen molar-refractivity contribution in [2.24, 2.45) is 0 Å². The van der Waals surface area contributed by atoms with Crippen molar-refractivity contribution in [1.82, 2.24) is 0 Å². The Balaban J connectivity index is 1.81. The van der Waals surface area contributed by atoms with Crippen molar-refractivity contribution >= 4 is 0 Å². The van der Waals surface area contributed by atoms with Gasteiger partial charge < -0.3 is 4.74 Å². The Kier molecular flexibility index (Phi) is 4.84. The maximum Gasteiger partial charge on any atom is 0.119 e. The Morgan fingerprint density at radius 1 is 0.750 bits per heavy atom. The Morgan fingerprint density at radius 2 is 1.40 bits per heavy atom. The fraction of sp³-hybridized carbons (Fsp3) is 0.368. The summed E-state index contributed by atoms with van der Waals surface area (Å²) in [6.45, 7) is 9.35. The molecule has 0 bridgehead atoms. The van der Waals surface area contributed by atoms with Gasteiger partial charge in [0.25, 0.3) is 0 Å². The third kappa shape index (κ3) is 3.86. The molecule has 0 amide bonds. The van der Waals surface area contributed by atoms with Crippen LogP contribution in [0.15, 0.2) is 36.4 Å². The molecule has 0 atom stereocenters. The molecule has 0 aromatic heterocycles. The number of hydrogen-bond acceptors (Lipinski definition) is 1. The smallest absolute Gasteiger partial charge is 0.119 e. The zero-order valence-electron chi connectivity index (χ0n) is 13.0. The highest BCUT2D eigenvalue weighted by Crippen LogP contribution is 2.17. The molecular weight excluding hydrogens is 244 g/mol. The summed E-state index contributed by atoms with van der Waals surface area (Å²) in [6.07, 6.45) is 2.13. The van der Waals surface area contributed by atoms with Crippen LogP contribution in [0, 0.1) is 27.7 Å². The Labute approximate surface area is 122 Å². The summed E-state index contributed by atoms with van der Waals surface area (Å²) in [4.78, 5) is 0. The van der Waals surface area contributed by atoms with E-state index in [1.54, 1.807) is 0 Å². The van der Waals surface area contributed by atoms with E-state index in [0.29, 0.717) is 0 Å². The molecule has 0 aliphatic carbocycles. The molecule has 0 fully saturated rings. The summed E-state index contributed by atoms with van der Waals surface area (Å²) in [6, 6.07) is 13.0. The third-order valence-electron chi connectivity index (χ3n) is 3.93. The van der Waals surface area contributed by atoms with Crippen LogP contribution >= 0.6 is 0 Å². The summed E-state index contributed by atoms with van der Waals surface area (Å²) in [7, 11) is 0. The molecular formula is C19H24O. The van der Waals surface area contributed by atoms with Crippen molar-refractivity contribution in [1.29, 1.82) is 0 Å². The topological polar surface area (TPSA) is 9.23 Å². The number of benzene rings is 2. The van der Waals surface area contributed by atoms with Crippen LogP contribution in [0.2, 0.25) is 0 Å². The highest BCUT2D eigenvalue weighted by molar-refractivity contribution is 5.34. The average molecular weight is 268 g/mol. The highest BCUT2D eigenvalue weighted by atomic mass is 16.5. The van der Waals surface area contributed by atoms with Gasteiger partial charge in [-0.25, -0.2) is 0 Å². The minimum absolute atomic E-state index is 0.773. The SMILES string of the molecule is Cc1ccc(CCCOc2ccc(C)c(C)c2)cc1C. The zero-order valence-corrected chi connectivity index (χ0v) is 13.0. The molecule has 0 unspecified atom stereocenters. The predicted octanol–water partition coefficient (Wildman–Crippen LogP) is 4.93. The van der Waals surface area contributed by atoms with Gasteiger partial charge in [0.1, 0.15) is 5.75 Å². The Hall–Kier alpha value is -1.76. The van der Waals surface area contributed by atoms with Crippen molar-refractivity contribution in [3.05, 3.63) is 64.2 Å². The van der Waals surface area contributed by atoms with Crippen LogP contribution in [0.5, 0.6) is 5.75 Å².